The van der Waals surface area contributed by atoms with E-state index in [1.54, 1.807) is 6.20 Å². The third-order valence-corrected chi connectivity index (χ3v) is 5.89. The molecule has 0 radical (unpaired) electrons. The van der Waals surface area contributed by atoms with Gasteiger partial charge in [-0.2, -0.15) is 0 Å². The van der Waals surface area contributed by atoms with Gasteiger partial charge in [0.1, 0.15) is 11.3 Å². The van der Waals surface area contributed by atoms with E-state index in [1.807, 2.05) is 22.9 Å². The molecule has 1 aliphatic rings. The summed E-state index contributed by atoms with van der Waals surface area (Å²) in [5.74, 6) is 0.960. The van der Waals surface area contributed by atoms with E-state index in [2.05, 4.69) is 34.1 Å². The Balaban J connectivity index is 0.000000555. The Hall–Kier alpha value is -2.94. The number of imidazole rings is 1. The van der Waals surface area contributed by atoms with Gasteiger partial charge in [0.05, 0.1) is 22.4 Å². The molecule has 8 nitrogen and oxygen atoms in total. The minimum absolute atomic E-state index is 0.170. The quantitative estimate of drug-likeness (QED) is 0.439. The highest BCUT2D eigenvalue weighted by Gasteiger charge is 2.19. The van der Waals surface area contributed by atoms with Crippen LogP contribution in [0, 0.1) is 12.7 Å². The van der Waals surface area contributed by atoms with Crippen molar-refractivity contribution in [3.05, 3.63) is 35.0 Å². The molecule has 0 bridgehead atoms. The first-order valence-electron chi connectivity index (χ1n) is 11.1. The summed E-state index contributed by atoms with van der Waals surface area (Å²) >= 11 is 6.39. The molecule has 4 rings (SSSR count). The number of amides is 1. The van der Waals surface area contributed by atoms with Gasteiger partial charge in [-0.25, -0.2) is 24.1 Å². The maximum absolute atomic E-state index is 14.8. The molecule has 0 saturated heterocycles. The number of halogens is 2. The SMILES string of the molecule is CNC(=O)O.Cc1nc2c(F)cc(-c3nc(NC4CCCCC4)ncc3Cl)cc2n1C(C)C. The van der Waals surface area contributed by atoms with Crippen molar-refractivity contribution in [3.8, 4) is 11.3 Å². The number of benzene rings is 1. The number of aryl methyl sites for hydroxylation is 1. The highest BCUT2D eigenvalue weighted by atomic mass is 35.5. The van der Waals surface area contributed by atoms with Crippen LogP contribution in [0.4, 0.5) is 15.1 Å². The molecular formula is C23H30ClFN6O2. The molecule has 1 aromatic carbocycles. The smallest absolute Gasteiger partial charge is 0.404 e. The zero-order chi connectivity index (χ0) is 24.1. The van der Waals surface area contributed by atoms with Crippen LogP contribution in [-0.2, 0) is 0 Å². The standard InChI is InChI=1S/C21H25ClFN5.C2H5NO2/c1-12(2)28-13(3)25-20-17(23)9-14(10-18(20)28)19-16(22)11-24-21(27-19)26-15-7-5-4-6-8-15;1-3-2(4)5/h9-12,15H,4-8H2,1-3H3,(H,24,26,27);3H,1H3,(H,4,5). The molecule has 0 atom stereocenters. The molecule has 1 aliphatic carbocycles. The van der Waals surface area contributed by atoms with Crippen LogP contribution in [0.1, 0.15) is 57.8 Å². The normalized spacial score (nSPS) is 14.2. The predicted octanol–water partition coefficient (Wildman–Crippen LogP) is 5.80. The summed E-state index contributed by atoms with van der Waals surface area (Å²) in [6.45, 7) is 6.01. The minimum Gasteiger partial charge on any atom is -0.465 e. The Morgan fingerprint density at radius 2 is 1.91 bits per heavy atom. The monoisotopic (exact) mass is 476 g/mol. The summed E-state index contributed by atoms with van der Waals surface area (Å²) in [6, 6.07) is 3.92. The van der Waals surface area contributed by atoms with Crippen molar-refractivity contribution in [1.29, 1.82) is 0 Å². The number of carboxylic acid groups (broad SMARTS) is 1. The van der Waals surface area contributed by atoms with Crippen LogP contribution in [0.5, 0.6) is 0 Å². The Bertz CT molecular complexity index is 1130. The number of fused-ring (bicyclic) bond motifs is 1. The van der Waals surface area contributed by atoms with E-state index < -0.39 is 6.09 Å². The lowest BCUT2D eigenvalue weighted by Crippen LogP contribution is -2.23. The average Bonchev–Trinajstić information content (AvgIpc) is 3.13. The summed E-state index contributed by atoms with van der Waals surface area (Å²) in [7, 11) is 1.35. The second kappa shape index (κ2) is 10.8. The van der Waals surface area contributed by atoms with Crippen LogP contribution in [0.3, 0.4) is 0 Å². The molecule has 2 aromatic heterocycles. The zero-order valence-corrected chi connectivity index (χ0v) is 20.1. The number of carbonyl (C=O) groups is 1. The second-order valence-corrected chi connectivity index (χ2v) is 8.78. The van der Waals surface area contributed by atoms with Crippen molar-refractivity contribution in [2.75, 3.05) is 12.4 Å². The van der Waals surface area contributed by atoms with Crippen LogP contribution in [0.2, 0.25) is 5.02 Å². The zero-order valence-electron chi connectivity index (χ0n) is 19.3. The van der Waals surface area contributed by atoms with E-state index in [4.69, 9.17) is 16.7 Å². The Labute approximate surface area is 197 Å². The van der Waals surface area contributed by atoms with Crippen LogP contribution >= 0.6 is 11.6 Å². The molecule has 10 heteroatoms. The van der Waals surface area contributed by atoms with Crippen molar-refractivity contribution in [2.24, 2.45) is 0 Å². The van der Waals surface area contributed by atoms with E-state index >= 15 is 0 Å². The van der Waals surface area contributed by atoms with Gasteiger partial charge in [0.25, 0.3) is 0 Å². The summed E-state index contributed by atoms with van der Waals surface area (Å²) in [4.78, 5) is 22.6. The maximum Gasteiger partial charge on any atom is 0.404 e. The molecule has 0 aliphatic heterocycles. The van der Waals surface area contributed by atoms with Gasteiger partial charge in [0, 0.05) is 24.7 Å². The molecule has 0 unspecified atom stereocenters. The highest BCUT2D eigenvalue weighted by Crippen LogP contribution is 2.32. The van der Waals surface area contributed by atoms with Gasteiger partial charge in [-0.15, -0.1) is 0 Å². The lowest BCUT2D eigenvalue weighted by Gasteiger charge is -2.22. The number of hydrogen-bond donors (Lipinski definition) is 3. The number of nitrogens with one attached hydrogen (secondary N) is 2. The van der Waals surface area contributed by atoms with E-state index in [1.165, 1.54) is 32.4 Å². The molecule has 33 heavy (non-hydrogen) atoms. The van der Waals surface area contributed by atoms with Crippen molar-refractivity contribution in [2.45, 2.75) is 65.0 Å². The van der Waals surface area contributed by atoms with Gasteiger partial charge in [-0.1, -0.05) is 30.9 Å². The van der Waals surface area contributed by atoms with E-state index in [0.29, 0.717) is 33.8 Å². The number of anilines is 1. The highest BCUT2D eigenvalue weighted by molar-refractivity contribution is 6.33. The average molecular weight is 477 g/mol. The van der Waals surface area contributed by atoms with Crippen LogP contribution in [-0.4, -0.2) is 43.8 Å². The topological polar surface area (TPSA) is 105 Å². The van der Waals surface area contributed by atoms with Crippen LogP contribution < -0.4 is 10.6 Å². The Morgan fingerprint density at radius 3 is 2.52 bits per heavy atom. The molecule has 3 aromatic rings. The van der Waals surface area contributed by atoms with Crippen molar-refractivity contribution >= 4 is 34.7 Å². The first-order chi connectivity index (χ1) is 15.7. The lowest BCUT2D eigenvalue weighted by molar-refractivity contribution is 0.197. The fraction of sp³-hybridized carbons (Fsp3) is 0.478. The first kappa shape index (κ1) is 24.7. The summed E-state index contributed by atoms with van der Waals surface area (Å²) in [6.07, 6.45) is 6.56. The fourth-order valence-electron chi connectivity index (χ4n) is 4.13. The number of nitrogens with zero attached hydrogens (tertiary/aromatic N) is 4. The summed E-state index contributed by atoms with van der Waals surface area (Å²) in [5.41, 5.74) is 2.29. The van der Waals surface area contributed by atoms with E-state index in [9.17, 15) is 9.18 Å². The van der Waals surface area contributed by atoms with Gasteiger partial charge in [0.15, 0.2) is 5.82 Å². The lowest BCUT2D eigenvalue weighted by atomic mass is 9.96. The molecule has 2 heterocycles. The van der Waals surface area contributed by atoms with E-state index in [-0.39, 0.29) is 11.9 Å². The van der Waals surface area contributed by atoms with E-state index in [0.717, 1.165) is 24.2 Å². The van der Waals surface area contributed by atoms with Gasteiger partial charge in [-0.3, -0.25) is 0 Å². The second-order valence-electron chi connectivity index (χ2n) is 8.37. The fourth-order valence-corrected chi connectivity index (χ4v) is 4.33. The minimum atomic E-state index is -0.995. The Kier molecular flexibility index (Phi) is 8.07. The first-order valence-corrected chi connectivity index (χ1v) is 11.5. The third-order valence-electron chi connectivity index (χ3n) is 5.61. The third kappa shape index (κ3) is 5.90. The van der Waals surface area contributed by atoms with Gasteiger partial charge in [-0.05, 0) is 45.7 Å². The number of aromatic nitrogens is 4. The largest absolute Gasteiger partial charge is 0.465 e. The number of rotatable bonds is 4. The van der Waals surface area contributed by atoms with Gasteiger partial charge < -0.3 is 20.3 Å². The van der Waals surface area contributed by atoms with Gasteiger partial charge >= 0.3 is 6.09 Å². The Morgan fingerprint density at radius 1 is 1.24 bits per heavy atom. The predicted molar refractivity (Wildman–Crippen MR) is 128 cm³/mol. The molecule has 3 N–H and O–H groups in total. The summed E-state index contributed by atoms with van der Waals surface area (Å²) < 4.78 is 16.8. The molecule has 1 amide bonds. The van der Waals surface area contributed by atoms with Crippen LogP contribution in [0.15, 0.2) is 18.3 Å². The van der Waals surface area contributed by atoms with Crippen molar-refractivity contribution in [3.63, 3.8) is 0 Å². The molecular weight excluding hydrogens is 447 g/mol. The van der Waals surface area contributed by atoms with Crippen LogP contribution in [0.25, 0.3) is 22.3 Å². The van der Waals surface area contributed by atoms with Crippen molar-refractivity contribution in [1.82, 2.24) is 24.8 Å². The number of hydrogen-bond acceptors (Lipinski definition) is 5. The van der Waals surface area contributed by atoms with Crippen molar-refractivity contribution < 1.29 is 14.3 Å². The molecule has 178 valence electrons. The maximum atomic E-state index is 14.8. The molecule has 1 saturated carbocycles. The van der Waals surface area contributed by atoms with Gasteiger partial charge in [0.2, 0.25) is 5.95 Å². The molecule has 1 fully saturated rings. The summed E-state index contributed by atoms with van der Waals surface area (Å²) in [5, 5.41) is 13.4. The molecule has 0 spiro atoms.